The molecule has 78 valence electrons. The third-order valence-electron chi connectivity index (χ3n) is 1.89. The molecule has 3 atom stereocenters. The van der Waals surface area contributed by atoms with Gasteiger partial charge in [0.25, 0.3) is 10.1 Å². The summed E-state index contributed by atoms with van der Waals surface area (Å²) >= 11 is 0. The summed E-state index contributed by atoms with van der Waals surface area (Å²) in [5.41, 5.74) is 0. The topological polar surface area (TPSA) is 72.8 Å². The lowest BCUT2D eigenvalue weighted by Gasteiger charge is -2.30. The molecular weight excluding hydrogens is 196 g/mol. The monoisotopic (exact) mass is 210 g/mol. The third kappa shape index (κ3) is 3.60. The largest absolute Gasteiger partial charge is 0.368 e. The molecule has 13 heavy (non-hydrogen) atoms. The molecule has 0 aromatic heterocycles. The van der Waals surface area contributed by atoms with Crippen LogP contribution in [0.15, 0.2) is 0 Å². The van der Waals surface area contributed by atoms with E-state index in [-0.39, 0.29) is 0 Å². The van der Waals surface area contributed by atoms with Crippen molar-refractivity contribution in [2.24, 2.45) is 0 Å². The minimum atomic E-state index is -3.44. The first-order valence-corrected chi connectivity index (χ1v) is 5.92. The van der Waals surface area contributed by atoms with E-state index in [9.17, 15) is 8.42 Å². The van der Waals surface area contributed by atoms with Crippen LogP contribution < -0.4 is 0 Å². The molecule has 0 aliphatic carbocycles. The lowest BCUT2D eigenvalue weighted by molar-refractivity contribution is -0.186. The first-order chi connectivity index (χ1) is 5.88. The molecule has 0 amide bonds. The Morgan fingerprint density at radius 3 is 2.54 bits per heavy atom. The molecule has 1 rings (SSSR count). The summed E-state index contributed by atoms with van der Waals surface area (Å²) in [5, 5.41) is 9.07. The molecule has 0 spiro atoms. The predicted molar refractivity (Wildman–Crippen MR) is 45.5 cm³/mol. The summed E-state index contributed by atoms with van der Waals surface area (Å²) in [5.74, 6) is 0. The second-order valence-corrected chi connectivity index (χ2v) is 4.81. The zero-order valence-electron chi connectivity index (χ0n) is 7.63. The maximum atomic E-state index is 10.8. The SMILES string of the molecule is C[C@@H]1O[C@@H](O)CC[C@H]1OS(C)(=O)=O. The molecule has 0 aromatic carbocycles. The van der Waals surface area contributed by atoms with Crippen molar-refractivity contribution in [3.8, 4) is 0 Å². The third-order valence-corrected chi connectivity index (χ3v) is 2.49. The van der Waals surface area contributed by atoms with Crippen molar-refractivity contribution in [3.63, 3.8) is 0 Å². The lowest BCUT2D eigenvalue weighted by Crippen LogP contribution is -2.39. The van der Waals surface area contributed by atoms with Crippen molar-refractivity contribution < 1.29 is 22.4 Å². The van der Waals surface area contributed by atoms with E-state index in [0.717, 1.165) is 6.26 Å². The van der Waals surface area contributed by atoms with Gasteiger partial charge < -0.3 is 9.84 Å². The zero-order valence-corrected chi connectivity index (χ0v) is 8.45. The zero-order chi connectivity index (χ0) is 10.1. The molecule has 0 bridgehead atoms. The molecule has 1 N–H and O–H groups in total. The van der Waals surface area contributed by atoms with E-state index in [1.54, 1.807) is 6.92 Å². The summed E-state index contributed by atoms with van der Waals surface area (Å²) < 4.78 is 31.4. The summed E-state index contributed by atoms with van der Waals surface area (Å²) in [4.78, 5) is 0. The van der Waals surface area contributed by atoms with Gasteiger partial charge in [-0.1, -0.05) is 0 Å². The Morgan fingerprint density at radius 2 is 2.08 bits per heavy atom. The van der Waals surface area contributed by atoms with E-state index in [1.165, 1.54) is 0 Å². The highest BCUT2D eigenvalue weighted by molar-refractivity contribution is 7.86. The molecule has 6 heteroatoms. The first kappa shape index (κ1) is 10.9. The van der Waals surface area contributed by atoms with Crippen LogP contribution in [0.2, 0.25) is 0 Å². The van der Waals surface area contributed by atoms with E-state index in [4.69, 9.17) is 14.0 Å². The van der Waals surface area contributed by atoms with Crippen LogP contribution in [0.3, 0.4) is 0 Å². The molecule has 1 fully saturated rings. The number of hydrogen-bond donors (Lipinski definition) is 1. The highest BCUT2D eigenvalue weighted by Crippen LogP contribution is 2.21. The highest BCUT2D eigenvalue weighted by Gasteiger charge is 2.30. The quantitative estimate of drug-likeness (QED) is 0.642. The van der Waals surface area contributed by atoms with Crippen LogP contribution in [0.4, 0.5) is 0 Å². The van der Waals surface area contributed by atoms with Crippen LogP contribution in [0.5, 0.6) is 0 Å². The normalized spacial score (nSPS) is 36.1. The summed E-state index contributed by atoms with van der Waals surface area (Å²) in [7, 11) is -3.44. The van der Waals surface area contributed by atoms with Crippen LogP contribution in [-0.2, 0) is 19.0 Å². The van der Waals surface area contributed by atoms with Crippen LogP contribution in [0, 0.1) is 0 Å². The summed E-state index contributed by atoms with van der Waals surface area (Å²) in [6, 6.07) is 0. The van der Waals surface area contributed by atoms with Gasteiger partial charge in [0.15, 0.2) is 6.29 Å². The Hall–Kier alpha value is -0.170. The Bertz CT molecular complexity index is 260. The van der Waals surface area contributed by atoms with Crippen molar-refractivity contribution in [1.29, 1.82) is 0 Å². The molecule has 1 saturated heterocycles. The standard InChI is InChI=1S/C7H14O5S/c1-5-6(12-13(2,9)10)3-4-7(8)11-5/h5-8H,3-4H2,1-2H3/t5-,6+,7+/m0/s1. The minimum absolute atomic E-state index is 0.390. The van der Waals surface area contributed by atoms with Crippen LogP contribution in [-0.4, -0.2) is 38.3 Å². The smallest absolute Gasteiger partial charge is 0.264 e. The fraction of sp³-hybridized carbons (Fsp3) is 1.00. The van der Waals surface area contributed by atoms with Crippen LogP contribution in [0.1, 0.15) is 19.8 Å². The van der Waals surface area contributed by atoms with Gasteiger partial charge in [-0.15, -0.1) is 0 Å². The average molecular weight is 210 g/mol. The molecule has 5 nitrogen and oxygen atoms in total. The Balaban J connectivity index is 2.52. The van der Waals surface area contributed by atoms with Gasteiger partial charge in [0.05, 0.1) is 12.4 Å². The summed E-state index contributed by atoms with van der Waals surface area (Å²) in [6.07, 6.45) is 0.247. The van der Waals surface area contributed by atoms with Gasteiger partial charge in [-0.3, -0.25) is 4.18 Å². The number of aliphatic hydroxyl groups is 1. The minimum Gasteiger partial charge on any atom is -0.368 e. The van der Waals surface area contributed by atoms with Gasteiger partial charge in [-0.2, -0.15) is 8.42 Å². The number of ether oxygens (including phenoxy) is 1. The van der Waals surface area contributed by atoms with Crippen molar-refractivity contribution in [2.75, 3.05) is 6.26 Å². The fourth-order valence-corrected chi connectivity index (χ4v) is 2.00. The fourth-order valence-electron chi connectivity index (χ4n) is 1.30. The molecule has 0 saturated carbocycles. The van der Waals surface area contributed by atoms with E-state index in [1.807, 2.05) is 0 Å². The van der Waals surface area contributed by atoms with Crippen molar-refractivity contribution in [1.82, 2.24) is 0 Å². The van der Waals surface area contributed by atoms with Gasteiger partial charge in [-0.05, 0) is 13.3 Å². The van der Waals surface area contributed by atoms with E-state index in [2.05, 4.69) is 0 Å². The van der Waals surface area contributed by atoms with E-state index in [0.29, 0.717) is 12.8 Å². The molecule has 0 unspecified atom stereocenters. The van der Waals surface area contributed by atoms with Crippen molar-refractivity contribution in [2.45, 2.75) is 38.3 Å². The molecule has 1 aliphatic heterocycles. The van der Waals surface area contributed by atoms with Gasteiger partial charge in [-0.25, -0.2) is 0 Å². The second kappa shape index (κ2) is 3.91. The number of rotatable bonds is 2. The Morgan fingerprint density at radius 1 is 1.46 bits per heavy atom. The van der Waals surface area contributed by atoms with Crippen LogP contribution >= 0.6 is 0 Å². The van der Waals surface area contributed by atoms with Gasteiger partial charge in [0.1, 0.15) is 6.10 Å². The first-order valence-electron chi connectivity index (χ1n) is 4.10. The average Bonchev–Trinajstić information content (AvgIpc) is 1.93. The highest BCUT2D eigenvalue weighted by atomic mass is 32.2. The van der Waals surface area contributed by atoms with Crippen LogP contribution in [0.25, 0.3) is 0 Å². The molecule has 1 aliphatic rings. The Kier molecular flexibility index (Phi) is 3.28. The molecule has 1 heterocycles. The maximum Gasteiger partial charge on any atom is 0.264 e. The molecular formula is C7H14O5S. The van der Waals surface area contributed by atoms with Crippen molar-refractivity contribution in [3.05, 3.63) is 0 Å². The summed E-state index contributed by atoms with van der Waals surface area (Å²) in [6.45, 7) is 1.68. The second-order valence-electron chi connectivity index (χ2n) is 3.21. The maximum absolute atomic E-state index is 10.8. The van der Waals surface area contributed by atoms with Crippen molar-refractivity contribution >= 4 is 10.1 Å². The van der Waals surface area contributed by atoms with Gasteiger partial charge in [0.2, 0.25) is 0 Å². The number of aliphatic hydroxyl groups excluding tert-OH is 1. The number of hydrogen-bond acceptors (Lipinski definition) is 5. The van der Waals surface area contributed by atoms with Gasteiger partial charge in [0, 0.05) is 6.42 Å². The lowest BCUT2D eigenvalue weighted by atomic mass is 10.1. The van der Waals surface area contributed by atoms with E-state index < -0.39 is 28.6 Å². The predicted octanol–water partition coefficient (Wildman–Crippen LogP) is -0.151. The molecule has 0 radical (unpaired) electrons. The molecule has 0 aromatic rings. The van der Waals surface area contributed by atoms with E-state index >= 15 is 0 Å². The van der Waals surface area contributed by atoms with Gasteiger partial charge >= 0.3 is 0 Å². The Labute approximate surface area is 77.8 Å².